The van der Waals surface area contributed by atoms with Crippen LogP contribution in [-0.2, 0) is 25.8 Å². The molecule has 0 atom stereocenters. The number of carbonyl (C=O) groups excluding carboxylic acids is 1. The number of benzene rings is 1. The summed E-state index contributed by atoms with van der Waals surface area (Å²) in [6, 6.07) is 2.46. The van der Waals surface area contributed by atoms with Crippen molar-refractivity contribution in [1.29, 1.82) is 0 Å². The topological polar surface area (TPSA) is 150 Å². The molecule has 3 N–H and O–H groups in total. The zero-order chi connectivity index (χ0) is 20.8. The fraction of sp³-hybridized carbons (Fsp3) is 0.467. The van der Waals surface area contributed by atoms with Crippen LogP contribution in [0.3, 0.4) is 0 Å². The Balaban J connectivity index is 3.28. The molecular formula is C15H23N3O7S2. The van der Waals surface area contributed by atoms with Gasteiger partial charge in [-0.1, -0.05) is 19.4 Å². The predicted octanol–water partition coefficient (Wildman–Crippen LogP) is 0.564. The molecule has 1 aromatic rings. The zero-order valence-corrected chi connectivity index (χ0v) is 16.9. The van der Waals surface area contributed by atoms with E-state index in [0.29, 0.717) is 6.42 Å². The van der Waals surface area contributed by atoms with Crippen molar-refractivity contribution in [2.24, 2.45) is 0 Å². The first-order valence-corrected chi connectivity index (χ1v) is 11.1. The van der Waals surface area contributed by atoms with Gasteiger partial charge in [-0.25, -0.2) is 35.5 Å². The minimum Gasteiger partial charge on any atom is -0.478 e. The van der Waals surface area contributed by atoms with E-state index in [0.717, 1.165) is 22.9 Å². The average molecular weight is 421 g/mol. The van der Waals surface area contributed by atoms with Gasteiger partial charge < -0.3 is 10.4 Å². The Kier molecular flexibility index (Phi) is 7.75. The molecular weight excluding hydrogens is 398 g/mol. The molecule has 0 spiro atoms. The van der Waals surface area contributed by atoms with Gasteiger partial charge in [0.05, 0.1) is 16.2 Å². The molecule has 0 saturated heterocycles. The van der Waals surface area contributed by atoms with Crippen molar-refractivity contribution in [2.45, 2.75) is 30.4 Å². The second-order valence-electron chi connectivity index (χ2n) is 5.85. The molecule has 0 bridgehead atoms. The van der Waals surface area contributed by atoms with E-state index >= 15 is 0 Å². The standard InChI is InChI=1S/C15H23N3O7S2/c1-4-5-9-16-15(21)17-26(22,23)10-12-11(14(19)20)7-6-8-13(12)27(24,25)18(2)3/h6-8H,4-5,9-10H2,1-3H3,(H,19,20)(H2,16,17,21). The molecule has 12 heteroatoms. The predicted molar refractivity (Wildman–Crippen MR) is 98.3 cm³/mol. The first-order chi connectivity index (χ1) is 12.4. The number of carboxylic acid groups (broad SMARTS) is 1. The molecule has 0 fully saturated rings. The summed E-state index contributed by atoms with van der Waals surface area (Å²) in [6.45, 7) is 2.16. The molecule has 1 aromatic carbocycles. The third-order valence-corrected chi connectivity index (χ3v) is 6.59. The Hall–Kier alpha value is -2.18. The van der Waals surface area contributed by atoms with Crippen molar-refractivity contribution in [3.63, 3.8) is 0 Å². The normalized spacial score (nSPS) is 12.0. The summed E-state index contributed by atoms with van der Waals surface area (Å²) in [7, 11) is -5.98. The minimum atomic E-state index is -4.34. The van der Waals surface area contributed by atoms with Crippen LogP contribution < -0.4 is 10.0 Å². The van der Waals surface area contributed by atoms with Crippen LogP contribution in [0.25, 0.3) is 0 Å². The monoisotopic (exact) mass is 421 g/mol. The highest BCUT2D eigenvalue weighted by Gasteiger charge is 2.28. The van der Waals surface area contributed by atoms with E-state index in [-0.39, 0.29) is 6.54 Å². The van der Waals surface area contributed by atoms with Crippen molar-refractivity contribution in [3.8, 4) is 0 Å². The van der Waals surface area contributed by atoms with Gasteiger partial charge in [-0.2, -0.15) is 0 Å². The lowest BCUT2D eigenvalue weighted by molar-refractivity contribution is 0.0695. The second kappa shape index (κ2) is 9.15. The molecule has 10 nitrogen and oxygen atoms in total. The summed E-state index contributed by atoms with van der Waals surface area (Å²) in [5, 5.41) is 11.7. The van der Waals surface area contributed by atoms with Gasteiger partial charge in [-0.3, -0.25) is 0 Å². The largest absolute Gasteiger partial charge is 0.478 e. The van der Waals surface area contributed by atoms with E-state index in [1.54, 1.807) is 4.72 Å². The Bertz CT molecular complexity index is 909. The maximum Gasteiger partial charge on any atom is 0.336 e. The van der Waals surface area contributed by atoms with Crippen molar-refractivity contribution in [2.75, 3.05) is 20.6 Å². The van der Waals surface area contributed by atoms with Crippen molar-refractivity contribution in [3.05, 3.63) is 29.3 Å². The Morgan fingerprint density at radius 2 is 1.78 bits per heavy atom. The summed E-state index contributed by atoms with van der Waals surface area (Å²) in [5.74, 6) is -2.47. The Morgan fingerprint density at radius 3 is 2.30 bits per heavy atom. The lowest BCUT2D eigenvalue weighted by atomic mass is 10.1. The molecule has 0 heterocycles. The number of aromatic carboxylic acids is 1. The number of carbonyl (C=O) groups is 2. The lowest BCUT2D eigenvalue weighted by Crippen LogP contribution is -2.40. The Labute approximate surface area is 158 Å². The van der Waals surface area contributed by atoms with Crippen LogP contribution in [0.5, 0.6) is 0 Å². The fourth-order valence-electron chi connectivity index (χ4n) is 2.14. The third-order valence-electron chi connectivity index (χ3n) is 3.52. The molecule has 0 unspecified atom stereocenters. The van der Waals surface area contributed by atoms with E-state index < -0.39 is 53.8 Å². The Morgan fingerprint density at radius 1 is 1.15 bits per heavy atom. The third kappa shape index (κ3) is 6.19. The maximum atomic E-state index is 12.4. The van der Waals surface area contributed by atoms with Crippen molar-refractivity contribution in [1.82, 2.24) is 14.3 Å². The van der Waals surface area contributed by atoms with Crippen molar-refractivity contribution < 1.29 is 31.5 Å². The molecule has 27 heavy (non-hydrogen) atoms. The maximum absolute atomic E-state index is 12.4. The highest BCUT2D eigenvalue weighted by Crippen LogP contribution is 2.24. The molecule has 0 radical (unpaired) electrons. The van der Waals surface area contributed by atoms with Gasteiger partial charge in [0, 0.05) is 26.2 Å². The number of sulfonamides is 2. The van der Waals surface area contributed by atoms with Crippen LogP contribution in [0.2, 0.25) is 0 Å². The number of carboxylic acids is 1. The van der Waals surface area contributed by atoms with Crippen LogP contribution >= 0.6 is 0 Å². The summed E-state index contributed by atoms with van der Waals surface area (Å²) in [6.07, 6.45) is 1.45. The SMILES string of the molecule is CCCCNC(=O)NS(=O)(=O)Cc1c(C(=O)O)cccc1S(=O)(=O)N(C)C. The van der Waals surface area contributed by atoms with E-state index in [4.69, 9.17) is 0 Å². The van der Waals surface area contributed by atoms with Gasteiger partial charge in [0.25, 0.3) is 0 Å². The van der Waals surface area contributed by atoms with Crippen molar-refractivity contribution >= 4 is 32.0 Å². The van der Waals surface area contributed by atoms with Gasteiger partial charge in [0.1, 0.15) is 0 Å². The second-order valence-corrected chi connectivity index (χ2v) is 9.69. The molecule has 152 valence electrons. The fourth-order valence-corrected chi connectivity index (χ4v) is 4.48. The van der Waals surface area contributed by atoms with E-state index in [1.807, 2.05) is 6.92 Å². The molecule has 0 aliphatic heterocycles. The molecule has 0 aromatic heterocycles. The number of nitrogens with zero attached hydrogens (tertiary/aromatic N) is 1. The molecule has 1 rings (SSSR count). The number of amides is 2. The molecule has 0 aliphatic carbocycles. The summed E-state index contributed by atoms with van der Waals surface area (Å²) >= 11 is 0. The molecule has 2 amide bonds. The average Bonchev–Trinajstić information content (AvgIpc) is 2.53. The minimum absolute atomic E-state index is 0.268. The first-order valence-electron chi connectivity index (χ1n) is 7.98. The number of hydrogen-bond acceptors (Lipinski definition) is 6. The number of rotatable bonds is 9. The lowest BCUT2D eigenvalue weighted by Gasteiger charge is -2.17. The first kappa shape index (κ1) is 22.9. The quantitative estimate of drug-likeness (QED) is 0.493. The summed E-state index contributed by atoms with van der Waals surface area (Å²) < 4.78 is 52.1. The van der Waals surface area contributed by atoms with E-state index in [1.165, 1.54) is 20.2 Å². The van der Waals surface area contributed by atoms with Gasteiger partial charge in [-0.05, 0) is 18.6 Å². The smallest absolute Gasteiger partial charge is 0.336 e. The van der Waals surface area contributed by atoms with Gasteiger partial charge in [0.15, 0.2) is 0 Å². The van der Waals surface area contributed by atoms with Crippen LogP contribution in [0.1, 0.15) is 35.7 Å². The van der Waals surface area contributed by atoms with Crippen LogP contribution in [0.15, 0.2) is 23.1 Å². The number of urea groups is 1. The number of nitrogens with one attached hydrogen (secondary N) is 2. The highest BCUT2D eigenvalue weighted by atomic mass is 32.2. The molecule has 0 aliphatic rings. The summed E-state index contributed by atoms with van der Waals surface area (Å²) in [5.41, 5.74) is -0.901. The van der Waals surface area contributed by atoms with E-state index in [2.05, 4.69) is 5.32 Å². The summed E-state index contributed by atoms with van der Waals surface area (Å²) in [4.78, 5) is 22.7. The zero-order valence-electron chi connectivity index (χ0n) is 15.2. The highest BCUT2D eigenvalue weighted by molar-refractivity contribution is 7.90. The van der Waals surface area contributed by atoms with Gasteiger partial charge in [-0.15, -0.1) is 0 Å². The van der Waals surface area contributed by atoms with Crippen LogP contribution in [0, 0.1) is 0 Å². The number of hydrogen-bond donors (Lipinski definition) is 3. The van der Waals surface area contributed by atoms with Crippen LogP contribution in [-0.4, -0.2) is 58.9 Å². The number of unbranched alkanes of at least 4 members (excludes halogenated alkanes) is 1. The van der Waals surface area contributed by atoms with E-state index in [9.17, 15) is 31.5 Å². The molecule has 0 saturated carbocycles. The van der Waals surface area contributed by atoms with Crippen LogP contribution in [0.4, 0.5) is 4.79 Å². The van der Waals surface area contributed by atoms with Gasteiger partial charge in [0.2, 0.25) is 20.0 Å². The van der Waals surface area contributed by atoms with Gasteiger partial charge >= 0.3 is 12.0 Å².